The molecule has 1 aliphatic rings. The monoisotopic (exact) mass is 334 g/mol. The Bertz CT molecular complexity index is 644. The van der Waals surface area contributed by atoms with E-state index in [1.54, 1.807) is 39.0 Å². The van der Waals surface area contributed by atoms with Gasteiger partial charge in [-0.15, -0.1) is 0 Å². The fourth-order valence-corrected chi connectivity index (χ4v) is 2.56. The molecule has 1 aromatic rings. The van der Waals surface area contributed by atoms with Crippen LogP contribution < -0.4 is 15.0 Å². The molecular weight excluding hydrogens is 312 g/mol. The quantitative estimate of drug-likeness (QED) is 0.820. The Balaban J connectivity index is 2.04. The first-order chi connectivity index (χ1) is 11.3. The molecule has 1 aromatic carbocycles. The van der Waals surface area contributed by atoms with Crippen molar-refractivity contribution < 1.29 is 24.2 Å². The van der Waals surface area contributed by atoms with Crippen LogP contribution in [0.2, 0.25) is 0 Å². The van der Waals surface area contributed by atoms with E-state index in [1.807, 2.05) is 6.07 Å². The molecule has 0 aliphatic carbocycles. The number of benzene rings is 1. The van der Waals surface area contributed by atoms with E-state index >= 15 is 0 Å². The van der Waals surface area contributed by atoms with Crippen molar-refractivity contribution in [2.24, 2.45) is 5.92 Å². The molecule has 0 aromatic heterocycles. The number of fused-ring (bicyclic) bond motifs is 1. The molecule has 0 unspecified atom stereocenters. The number of para-hydroxylation sites is 2. The summed E-state index contributed by atoms with van der Waals surface area (Å²) in [5, 5.41) is 11.6. The number of hydrogen-bond acceptors (Lipinski definition) is 4. The molecule has 0 saturated carbocycles. The van der Waals surface area contributed by atoms with E-state index in [-0.39, 0.29) is 24.8 Å². The lowest BCUT2D eigenvalue weighted by atomic mass is 10.0. The molecule has 2 atom stereocenters. The molecule has 2 amide bonds. The first kappa shape index (κ1) is 17.8. The first-order valence-electron chi connectivity index (χ1n) is 7.90. The maximum Gasteiger partial charge on any atom is 0.326 e. The molecule has 24 heavy (non-hydrogen) atoms. The number of hydrogen-bond donors (Lipinski definition) is 2. The Morgan fingerprint density at radius 2 is 2.00 bits per heavy atom. The van der Waals surface area contributed by atoms with Gasteiger partial charge in [0.05, 0.1) is 5.69 Å². The van der Waals surface area contributed by atoms with Gasteiger partial charge in [-0.25, -0.2) is 4.79 Å². The SMILES string of the molecule is CC(C)[C@@H](NC(=O)CCN1C(=O)[C@H](C)Oc2ccccc21)C(=O)O. The van der Waals surface area contributed by atoms with Crippen LogP contribution in [0.4, 0.5) is 5.69 Å². The van der Waals surface area contributed by atoms with Crippen molar-refractivity contribution >= 4 is 23.5 Å². The number of anilines is 1. The molecule has 0 radical (unpaired) electrons. The second-order valence-electron chi connectivity index (χ2n) is 6.10. The van der Waals surface area contributed by atoms with Gasteiger partial charge >= 0.3 is 5.97 Å². The molecule has 0 fully saturated rings. The lowest BCUT2D eigenvalue weighted by Crippen LogP contribution is -2.48. The summed E-state index contributed by atoms with van der Waals surface area (Å²) in [7, 11) is 0. The zero-order valence-electron chi connectivity index (χ0n) is 14.0. The van der Waals surface area contributed by atoms with Crippen LogP contribution in [0.15, 0.2) is 24.3 Å². The highest BCUT2D eigenvalue weighted by atomic mass is 16.5. The third kappa shape index (κ3) is 3.84. The third-order valence-electron chi connectivity index (χ3n) is 3.89. The van der Waals surface area contributed by atoms with Gasteiger partial charge in [0.15, 0.2) is 6.10 Å². The Kier molecular flexibility index (Phi) is 5.43. The minimum absolute atomic E-state index is 0.0172. The summed E-state index contributed by atoms with van der Waals surface area (Å²) in [6, 6.07) is 6.18. The molecular formula is C17H22N2O5. The van der Waals surface area contributed by atoms with Gasteiger partial charge in [-0.1, -0.05) is 26.0 Å². The summed E-state index contributed by atoms with van der Waals surface area (Å²) in [5.41, 5.74) is 0.618. The third-order valence-corrected chi connectivity index (χ3v) is 3.89. The Labute approximate surface area is 140 Å². The summed E-state index contributed by atoms with van der Waals surface area (Å²) in [6.45, 7) is 5.27. The molecule has 7 heteroatoms. The lowest BCUT2D eigenvalue weighted by Gasteiger charge is -2.33. The fourth-order valence-electron chi connectivity index (χ4n) is 2.56. The summed E-state index contributed by atoms with van der Waals surface area (Å²) < 4.78 is 5.54. The van der Waals surface area contributed by atoms with Crippen LogP contribution in [0.1, 0.15) is 27.2 Å². The average Bonchev–Trinajstić information content (AvgIpc) is 2.52. The number of carboxylic acids is 1. The van der Waals surface area contributed by atoms with Crippen molar-refractivity contribution in [3.8, 4) is 5.75 Å². The second-order valence-corrected chi connectivity index (χ2v) is 6.10. The van der Waals surface area contributed by atoms with Crippen molar-refractivity contribution in [1.29, 1.82) is 0 Å². The van der Waals surface area contributed by atoms with Gasteiger partial charge in [-0.2, -0.15) is 0 Å². The summed E-state index contributed by atoms with van der Waals surface area (Å²) in [4.78, 5) is 37.0. The molecule has 0 saturated heterocycles. The molecule has 2 rings (SSSR count). The highest BCUT2D eigenvalue weighted by Gasteiger charge is 2.31. The minimum atomic E-state index is -1.07. The number of carbonyl (C=O) groups excluding carboxylic acids is 2. The van der Waals surface area contributed by atoms with Gasteiger partial charge in [-0.3, -0.25) is 9.59 Å². The maximum absolute atomic E-state index is 12.3. The zero-order chi connectivity index (χ0) is 17.9. The normalized spacial score (nSPS) is 17.9. The van der Waals surface area contributed by atoms with E-state index < -0.39 is 24.0 Å². The summed E-state index contributed by atoms with van der Waals surface area (Å²) in [5.74, 6) is -1.33. The van der Waals surface area contributed by atoms with Crippen molar-refractivity contribution in [2.45, 2.75) is 39.3 Å². The van der Waals surface area contributed by atoms with Crippen molar-refractivity contribution in [2.75, 3.05) is 11.4 Å². The van der Waals surface area contributed by atoms with Gasteiger partial charge in [0.25, 0.3) is 5.91 Å². The fraction of sp³-hybridized carbons (Fsp3) is 0.471. The van der Waals surface area contributed by atoms with Crippen LogP contribution >= 0.6 is 0 Å². The van der Waals surface area contributed by atoms with Crippen LogP contribution in [0.25, 0.3) is 0 Å². The van der Waals surface area contributed by atoms with E-state index in [9.17, 15) is 14.4 Å². The number of ether oxygens (including phenoxy) is 1. The average molecular weight is 334 g/mol. The van der Waals surface area contributed by atoms with Gasteiger partial charge < -0.3 is 20.1 Å². The highest BCUT2D eigenvalue weighted by molar-refractivity contribution is 6.00. The Hall–Kier alpha value is -2.57. The minimum Gasteiger partial charge on any atom is -0.480 e. The van der Waals surface area contributed by atoms with Crippen LogP contribution in [-0.2, 0) is 14.4 Å². The van der Waals surface area contributed by atoms with Crippen LogP contribution in [0.3, 0.4) is 0 Å². The van der Waals surface area contributed by atoms with Gasteiger partial charge in [-0.05, 0) is 25.0 Å². The maximum atomic E-state index is 12.3. The predicted octanol–water partition coefficient (Wildman–Crippen LogP) is 1.42. The molecule has 1 aliphatic heterocycles. The first-order valence-corrected chi connectivity index (χ1v) is 7.90. The summed E-state index contributed by atoms with van der Waals surface area (Å²) >= 11 is 0. The second kappa shape index (κ2) is 7.33. The van der Waals surface area contributed by atoms with Crippen molar-refractivity contribution in [3.05, 3.63) is 24.3 Å². The van der Waals surface area contributed by atoms with Crippen LogP contribution in [0.5, 0.6) is 5.75 Å². The number of carbonyl (C=O) groups is 3. The number of aliphatic carboxylic acids is 1. The number of amides is 2. The molecule has 7 nitrogen and oxygen atoms in total. The molecule has 0 bridgehead atoms. The number of rotatable bonds is 6. The van der Waals surface area contributed by atoms with Gasteiger partial charge in [0.1, 0.15) is 11.8 Å². The Morgan fingerprint density at radius 1 is 1.33 bits per heavy atom. The predicted molar refractivity (Wildman–Crippen MR) is 87.9 cm³/mol. The van der Waals surface area contributed by atoms with E-state index in [0.717, 1.165) is 0 Å². The Morgan fingerprint density at radius 3 is 2.62 bits per heavy atom. The molecule has 2 N–H and O–H groups in total. The smallest absolute Gasteiger partial charge is 0.326 e. The van der Waals surface area contributed by atoms with Crippen molar-refractivity contribution in [3.63, 3.8) is 0 Å². The van der Waals surface area contributed by atoms with E-state index in [0.29, 0.717) is 11.4 Å². The molecule has 130 valence electrons. The standard InChI is InChI=1S/C17H22N2O5/c1-10(2)15(17(22)23)18-14(20)8-9-19-12-6-4-5-7-13(12)24-11(3)16(19)21/h4-7,10-11,15H,8-9H2,1-3H3,(H,18,20)(H,22,23)/t11-,15+/m0/s1. The van der Waals surface area contributed by atoms with E-state index in [2.05, 4.69) is 5.32 Å². The summed E-state index contributed by atoms with van der Waals surface area (Å²) in [6.07, 6.45) is -0.603. The van der Waals surface area contributed by atoms with Crippen LogP contribution in [0, 0.1) is 5.92 Å². The van der Waals surface area contributed by atoms with Gasteiger partial charge in [0, 0.05) is 13.0 Å². The largest absolute Gasteiger partial charge is 0.480 e. The molecule has 0 spiro atoms. The zero-order valence-corrected chi connectivity index (χ0v) is 14.0. The van der Waals surface area contributed by atoms with Crippen molar-refractivity contribution in [1.82, 2.24) is 5.32 Å². The van der Waals surface area contributed by atoms with Crippen LogP contribution in [-0.4, -0.2) is 41.6 Å². The highest BCUT2D eigenvalue weighted by Crippen LogP contribution is 2.33. The number of carboxylic acid groups (broad SMARTS) is 1. The number of nitrogens with zero attached hydrogens (tertiary/aromatic N) is 1. The van der Waals surface area contributed by atoms with Gasteiger partial charge in [0.2, 0.25) is 5.91 Å². The van der Waals surface area contributed by atoms with E-state index in [4.69, 9.17) is 9.84 Å². The lowest BCUT2D eigenvalue weighted by molar-refractivity contribution is -0.143. The number of nitrogens with one attached hydrogen (secondary N) is 1. The van der Waals surface area contributed by atoms with E-state index in [1.165, 1.54) is 4.90 Å². The molecule has 1 heterocycles. The topological polar surface area (TPSA) is 95.9 Å².